The average Bonchev–Trinajstić information content (AvgIpc) is 2.48. The van der Waals surface area contributed by atoms with Gasteiger partial charge in [0.15, 0.2) is 0 Å². The fraction of sp³-hybridized carbons (Fsp3) is 0.0667. The molecule has 0 heterocycles. The van der Waals surface area contributed by atoms with E-state index < -0.39 is 0 Å². The monoisotopic (exact) mass is 319 g/mol. The molecule has 0 radical (unpaired) electrons. The quantitative estimate of drug-likeness (QED) is 0.849. The summed E-state index contributed by atoms with van der Waals surface area (Å²) in [4.78, 5) is 14.0. The van der Waals surface area contributed by atoms with Gasteiger partial charge in [0, 0.05) is 23.3 Å². The van der Waals surface area contributed by atoms with E-state index in [1.54, 1.807) is 43.4 Å². The Balaban J connectivity index is 2.20. The van der Waals surface area contributed by atoms with E-state index in [4.69, 9.17) is 29.6 Å². The van der Waals surface area contributed by atoms with Crippen LogP contribution in [0.25, 0.3) is 0 Å². The molecule has 0 saturated carbocycles. The molecule has 2 rings (SSSR count). The zero-order valence-electron chi connectivity index (χ0n) is 11.3. The summed E-state index contributed by atoms with van der Waals surface area (Å²) in [5, 5.41) is 3.39. The fourth-order valence-electron chi connectivity index (χ4n) is 1.82. The number of benzene rings is 2. The highest BCUT2D eigenvalue weighted by Crippen LogP contribution is 2.20. The molecule has 0 fully saturated rings. The topological polar surface area (TPSA) is 58.4 Å². The van der Waals surface area contributed by atoms with Crippen LogP contribution in [-0.2, 0) is 0 Å². The molecular formula is C15H14ClN3OS. The van der Waals surface area contributed by atoms with Crippen LogP contribution in [0.4, 0.5) is 16.2 Å². The first-order valence-corrected chi connectivity index (χ1v) is 6.97. The summed E-state index contributed by atoms with van der Waals surface area (Å²) >= 11 is 10.8. The average molecular weight is 320 g/mol. The number of hydrogen-bond acceptors (Lipinski definition) is 2. The Morgan fingerprint density at radius 3 is 2.43 bits per heavy atom. The van der Waals surface area contributed by atoms with Crippen LogP contribution in [0.2, 0.25) is 5.02 Å². The highest BCUT2D eigenvalue weighted by molar-refractivity contribution is 7.80. The second kappa shape index (κ2) is 6.56. The fourth-order valence-corrected chi connectivity index (χ4v) is 2.12. The van der Waals surface area contributed by atoms with E-state index in [0.717, 1.165) is 0 Å². The Labute approximate surface area is 133 Å². The smallest absolute Gasteiger partial charge is 0.326 e. The van der Waals surface area contributed by atoms with E-state index in [-0.39, 0.29) is 11.0 Å². The molecule has 0 aliphatic carbocycles. The Morgan fingerprint density at radius 2 is 1.81 bits per heavy atom. The molecule has 0 aliphatic rings. The van der Waals surface area contributed by atoms with E-state index in [2.05, 4.69) is 5.32 Å². The lowest BCUT2D eigenvalue weighted by Crippen LogP contribution is -2.32. The zero-order chi connectivity index (χ0) is 15.4. The first-order chi connectivity index (χ1) is 9.99. The predicted octanol–water partition coefficient (Wildman–Crippen LogP) is 3.64. The normalized spacial score (nSPS) is 10.0. The SMILES string of the molecule is CN(C(=O)Nc1ccc(Cl)cc1)c1ccccc1C(N)=S. The molecule has 0 bridgehead atoms. The molecule has 2 aromatic carbocycles. The molecule has 21 heavy (non-hydrogen) atoms. The lowest BCUT2D eigenvalue weighted by molar-refractivity contribution is 0.258. The number of nitrogens with zero attached hydrogens (tertiary/aromatic N) is 1. The standard InChI is InChI=1S/C15H14ClN3OS/c1-19(13-5-3-2-4-12(13)14(17)21)15(20)18-11-8-6-10(16)7-9-11/h2-9H,1H3,(H2,17,21)(H,18,20). The third kappa shape index (κ3) is 3.71. The van der Waals surface area contributed by atoms with Crippen molar-refractivity contribution < 1.29 is 4.79 Å². The van der Waals surface area contributed by atoms with Gasteiger partial charge in [-0.05, 0) is 36.4 Å². The van der Waals surface area contributed by atoms with Gasteiger partial charge in [-0.1, -0.05) is 36.0 Å². The van der Waals surface area contributed by atoms with E-state index in [0.29, 0.717) is 22.0 Å². The Bertz CT molecular complexity index is 673. The molecule has 2 aromatic rings. The van der Waals surface area contributed by atoms with Crippen LogP contribution in [0.1, 0.15) is 5.56 Å². The number of urea groups is 1. The van der Waals surface area contributed by atoms with Crippen molar-refractivity contribution in [1.82, 2.24) is 0 Å². The number of halogens is 1. The molecule has 108 valence electrons. The zero-order valence-corrected chi connectivity index (χ0v) is 12.9. The van der Waals surface area contributed by atoms with Gasteiger partial charge in [0.05, 0.1) is 5.69 Å². The van der Waals surface area contributed by atoms with Crippen molar-refractivity contribution in [3.05, 3.63) is 59.1 Å². The summed E-state index contributed by atoms with van der Waals surface area (Å²) in [6.07, 6.45) is 0. The lowest BCUT2D eigenvalue weighted by atomic mass is 10.1. The van der Waals surface area contributed by atoms with Crippen LogP contribution in [-0.4, -0.2) is 18.1 Å². The van der Waals surface area contributed by atoms with Crippen LogP contribution in [0.5, 0.6) is 0 Å². The van der Waals surface area contributed by atoms with Crippen molar-refractivity contribution in [2.75, 3.05) is 17.3 Å². The molecule has 6 heteroatoms. The first kappa shape index (κ1) is 15.3. The van der Waals surface area contributed by atoms with Crippen molar-refractivity contribution in [3.8, 4) is 0 Å². The number of amides is 2. The number of rotatable bonds is 3. The molecule has 3 N–H and O–H groups in total. The van der Waals surface area contributed by atoms with Crippen molar-refractivity contribution in [1.29, 1.82) is 0 Å². The van der Waals surface area contributed by atoms with Crippen molar-refractivity contribution in [2.45, 2.75) is 0 Å². The maximum atomic E-state index is 12.3. The molecule has 0 unspecified atom stereocenters. The van der Waals surface area contributed by atoms with Gasteiger partial charge in [-0.15, -0.1) is 0 Å². The van der Waals surface area contributed by atoms with Crippen LogP contribution in [0, 0.1) is 0 Å². The molecule has 0 saturated heterocycles. The largest absolute Gasteiger partial charge is 0.389 e. The Kier molecular flexibility index (Phi) is 4.77. The Hall–Kier alpha value is -2.11. The Morgan fingerprint density at radius 1 is 1.19 bits per heavy atom. The summed E-state index contributed by atoms with van der Waals surface area (Å²) in [7, 11) is 1.66. The maximum Gasteiger partial charge on any atom is 0.326 e. The van der Waals surface area contributed by atoms with Gasteiger partial charge in [0.1, 0.15) is 4.99 Å². The van der Waals surface area contributed by atoms with Gasteiger partial charge < -0.3 is 11.1 Å². The molecular weight excluding hydrogens is 306 g/mol. The maximum absolute atomic E-state index is 12.3. The summed E-state index contributed by atoms with van der Waals surface area (Å²) in [6, 6.07) is 13.8. The minimum atomic E-state index is -0.291. The van der Waals surface area contributed by atoms with E-state index in [1.807, 2.05) is 12.1 Å². The molecule has 0 aliphatic heterocycles. The third-order valence-electron chi connectivity index (χ3n) is 2.93. The van der Waals surface area contributed by atoms with Gasteiger partial charge in [0.2, 0.25) is 0 Å². The number of carbonyl (C=O) groups excluding carboxylic acids is 1. The second-order valence-electron chi connectivity index (χ2n) is 4.38. The van der Waals surface area contributed by atoms with Gasteiger partial charge in [-0.2, -0.15) is 0 Å². The van der Waals surface area contributed by atoms with Gasteiger partial charge in [0.25, 0.3) is 0 Å². The van der Waals surface area contributed by atoms with E-state index in [9.17, 15) is 4.79 Å². The molecule has 0 spiro atoms. The molecule has 0 atom stereocenters. The number of anilines is 2. The minimum Gasteiger partial charge on any atom is -0.389 e. The van der Waals surface area contributed by atoms with Crippen molar-refractivity contribution in [2.24, 2.45) is 5.73 Å². The number of carbonyl (C=O) groups is 1. The molecule has 2 amide bonds. The van der Waals surface area contributed by atoms with Crippen molar-refractivity contribution in [3.63, 3.8) is 0 Å². The van der Waals surface area contributed by atoms with Crippen LogP contribution in [0.3, 0.4) is 0 Å². The second-order valence-corrected chi connectivity index (χ2v) is 5.25. The minimum absolute atomic E-state index is 0.247. The number of thiocarbonyl (C=S) groups is 1. The summed E-state index contributed by atoms with van der Waals surface area (Å²) < 4.78 is 0. The number of nitrogens with one attached hydrogen (secondary N) is 1. The summed E-state index contributed by atoms with van der Waals surface area (Å²) in [6.45, 7) is 0. The highest BCUT2D eigenvalue weighted by atomic mass is 35.5. The van der Waals surface area contributed by atoms with E-state index in [1.165, 1.54) is 4.90 Å². The predicted molar refractivity (Wildman–Crippen MR) is 91.2 cm³/mol. The summed E-state index contributed by atoms with van der Waals surface area (Å²) in [5.74, 6) is 0. The number of para-hydroxylation sites is 1. The first-order valence-electron chi connectivity index (χ1n) is 6.18. The summed E-state index contributed by atoms with van der Waals surface area (Å²) in [5.41, 5.74) is 7.64. The third-order valence-corrected chi connectivity index (χ3v) is 3.40. The van der Waals surface area contributed by atoms with E-state index >= 15 is 0 Å². The number of hydrogen-bond donors (Lipinski definition) is 2. The highest BCUT2D eigenvalue weighted by Gasteiger charge is 2.15. The van der Waals surface area contributed by atoms with Crippen molar-refractivity contribution >= 4 is 46.2 Å². The van der Waals surface area contributed by atoms with Gasteiger partial charge in [-0.25, -0.2) is 4.79 Å². The van der Waals surface area contributed by atoms with Crippen LogP contribution >= 0.6 is 23.8 Å². The van der Waals surface area contributed by atoms with Crippen LogP contribution in [0.15, 0.2) is 48.5 Å². The van der Waals surface area contributed by atoms with Gasteiger partial charge in [-0.3, -0.25) is 4.90 Å². The molecule has 4 nitrogen and oxygen atoms in total. The van der Waals surface area contributed by atoms with Gasteiger partial charge >= 0.3 is 6.03 Å². The van der Waals surface area contributed by atoms with Crippen LogP contribution < -0.4 is 16.0 Å². The number of nitrogens with two attached hydrogens (primary N) is 1. The lowest BCUT2D eigenvalue weighted by Gasteiger charge is -2.20. The molecule has 0 aromatic heterocycles.